The van der Waals surface area contributed by atoms with Crippen molar-refractivity contribution in [3.63, 3.8) is 0 Å². The third-order valence-electron chi connectivity index (χ3n) is 2.55. The summed E-state index contributed by atoms with van der Waals surface area (Å²) in [6.45, 7) is 2.06. The number of sulfonamides is 1. The van der Waals surface area contributed by atoms with E-state index in [1.807, 2.05) is 6.92 Å². The lowest BCUT2D eigenvalue weighted by atomic mass is 10.2. The smallest absolute Gasteiger partial charge is 0.240 e. The van der Waals surface area contributed by atoms with Crippen LogP contribution in [0.2, 0.25) is 0 Å². The minimum absolute atomic E-state index is 0.139. The highest BCUT2D eigenvalue weighted by molar-refractivity contribution is 7.89. The normalized spacial score (nSPS) is 12.9. The van der Waals surface area contributed by atoms with E-state index in [9.17, 15) is 12.8 Å². The first kappa shape index (κ1) is 15.6. The third kappa shape index (κ3) is 3.99. The minimum atomic E-state index is -3.79. The van der Waals surface area contributed by atoms with Gasteiger partial charge in [-0.3, -0.25) is 0 Å². The van der Waals surface area contributed by atoms with Crippen molar-refractivity contribution < 1.29 is 17.5 Å². The molecule has 0 fully saturated rings. The van der Waals surface area contributed by atoms with Crippen molar-refractivity contribution in [1.29, 1.82) is 5.26 Å². The molecular formula is C12H15FN2O3S. The van der Waals surface area contributed by atoms with Gasteiger partial charge in [-0.15, -0.1) is 0 Å². The van der Waals surface area contributed by atoms with E-state index >= 15 is 0 Å². The highest BCUT2D eigenvalue weighted by atomic mass is 32.2. The zero-order valence-corrected chi connectivity index (χ0v) is 11.5. The maximum Gasteiger partial charge on any atom is 0.240 e. The number of methoxy groups -OCH3 is 1. The van der Waals surface area contributed by atoms with E-state index in [-0.39, 0.29) is 23.1 Å². The summed E-state index contributed by atoms with van der Waals surface area (Å²) in [4.78, 5) is -0.139. The summed E-state index contributed by atoms with van der Waals surface area (Å²) in [5, 5.41) is 8.70. The van der Waals surface area contributed by atoms with Gasteiger partial charge in [0.15, 0.2) is 0 Å². The zero-order chi connectivity index (χ0) is 14.5. The maximum absolute atomic E-state index is 13.1. The van der Waals surface area contributed by atoms with Gasteiger partial charge in [-0.1, -0.05) is 6.92 Å². The molecular weight excluding hydrogens is 271 g/mol. The zero-order valence-electron chi connectivity index (χ0n) is 10.7. The van der Waals surface area contributed by atoms with Crippen LogP contribution in [0.25, 0.3) is 0 Å². The summed E-state index contributed by atoms with van der Waals surface area (Å²) in [7, 11) is -2.32. The van der Waals surface area contributed by atoms with Crippen molar-refractivity contribution >= 4 is 10.0 Å². The van der Waals surface area contributed by atoms with E-state index in [0.717, 1.165) is 18.2 Å². The van der Waals surface area contributed by atoms with E-state index in [1.165, 1.54) is 7.11 Å². The number of nitrogens with one attached hydrogen (secondary N) is 1. The Balaban J connectivity index is 3.04. The number of nitriles is 1. The predicted octanol–water partition coefficient (Wildman–Crippen LogP) is 1.40. The van der Waals surface area contributed by atoms with Crippen molar-refractivity contribution in [3.8, 4) is 6.07 Å². The Morgan fingerprint density at radius 2 is 2.21 bits per heavy atom. The maximum atomic E-state index is 13.1. The SMILES string of the molecule is CCC(COC)NS(=O)(=O)c1ccc(F)c(C#N)c1. The Morgan fingerprint density at radius 3 is 2.74 bits per heavy atom. The Hall–Kier alpha value is -1.49. The summed E-state index contributed by atoms with van der Waals surface area (Å²) < 4.78 is 44.6. The van der Waals surface area contributed by atoms with Crippen LogP contribution in [0.5, 0.6) is 0 Å². The third-order valence-corrected chi connectivity index (χ3v) is 4.07. The topological polar surface area (TPSA) is 79.2 Å². The molecule has 0 bridgehead atoms. The van der Waals surface area contributed by atoms with E-state index in [1.54, 1.807) is 6.07 Å². The monoisotopic (exact) mass is 286 g/mol. The fraction of sp³-hybridized carbons (Fsp3) is 0.417. The number of nitrogens with zero attached hydrogens (tertiary/aromatic N) is 1. The molecule has 1 aromatic carbocycles. The first-order valence-electron chi connectivity index (χ1n) is 5.65. The summed E-state index contributed by atoms with van der Waals surface area (Å²) in [5.41, 5.74) is -0.303. The quantitative estimate of drug-likeness (QED) is 0.857. The molecule has 1 unspecified atom stereocenters. The number of hydrogen-bond donors (Lipinski definition) is 1. The van der Waals surface area contributed by atoms with Crippen molar-refractivity contribution in [3.05, 3.63) is 29.6 Å². The molecule has 1 atom stereocenters. The van der Waals surface area contributed by atoms with Gasteiger partial charge >= 0.3 is 0 Å². The van der Waals surface area contributed by atoms with Crippen molar-refractivity contribution in [2.45, 2.75) is 24.3 Å². The molecule has 104 valence electrons. The fourth-order valence-corrected chi connectivity index (χ4v) is 2.81. The molecule has 1 N–H and O–H groups in total. The van der Waals surface area contributed by atoms with Gasteiger partial charge in [-0.2, -0.15) is 5.26 Å². The molecule has 0 aromatic heterocycles. The number of halogens is 1. The molecule has 1 aromatic rings. The van der Waals surface area contributed by atoms with Crippen molar-refractivity contribution in [2.75, 3.05) is 13.7 Å². The first-order chi connectivity index (χ1) is 8.94. The molecule has 0 aliphatic rings. The van der Waals surface area contributed by atoms with E-state index in [0.29, 0.717) is 6.42 Å². The summed E-state index contributed by atoms with van der Waals surface area (Å²) in [6, 6.07) is 4.34. The van der Waals surface area contributed by atoms with Crippen LogP contribution in [0, 0.1) is 17.1 Å². The van der Waals surface area contributed by atoms with Gasteiger partial charge in [0, 0.05) is 13.2 Å². The second-order valence-electron chi connectivity index (χ2n) is 3.94. The lowest BCUT2D eigenvalue weighted by Crippen LogP contribution is -2.37. The van der Waals surface area contributed by atoms with Crippen LogP contribution in [0.3, 0.4) is 0 Å². The van der Waals surface area contributed by atoms with Crippen LogP contribution in [-0.2, 0) is 14.8 Å². The molecule has 0 amide bonds. The standard InChI is InChI=1S/C12H15FN2O3S/c1-3-10(8-18-2)15-19(16,17)11-4-5-12(13)9(6-11)7-14/h4-6,10,15H,3,8H2,1-2H3. The molecule has 0 saturated carbocycles. The van der Waals surface area contributed by atoms with Crippen LogP contribution in [0.15, 0.2) is 23.1 Å². The van der Waals surface area contributed by atoms with Crippen molar-refractivity contribution in [2.24, 2.45) is 0 Å². The number of rotatable bonds is 6. The highest BCUT2D eigenvalue weighted by Crippen LogP contribution is 2.15. The Labute approximate surface area is 112 Å². The molecule has 19 heavy (non-hydrogen) atoms. The summed E-state index contributed by atoms with van der Waals surface area (Å²) in [5.74, 6) is -0.745. The molecule has 0 heterocycles. The van der Waals surface area contributed by atoms with E-state index < -0.39 is 15.8 Å². The highest BCUT2D eigenvalue weighted by Gasteiger charge is 2.20. The van der Waals surface area contributed by atoms with Gasteiger partial charge in [-0.25, -0.2) is 17.5 Å². The van der Waals surface area contributed by atoms with Gasteiger partial charge in [-0.05, 0) is 24.6 Å². The van der Waals surface area contributed by atoms with Gasteiger partial charge in [0.25, 0.3) is 0 Å². The Kier molecular flexibility index (Phi) is 5.42. The van der Waals surface area contributed by atoms with Crippen LogP contribution in [-0.4, -0.2) is 28.2 Å². The number of ether oxygens (including phenoxy) is 1. The summed E-state index contributed by atoms with van der Waals surface area (Å²) in [6.07, 6.45) is 0.555. The van der Waals surface area contributed by atoms with Crippen molar-refractivity contribution in [1.82, 2.24) is 4.72 Å². The average Bonchev–Trinajstić information content (AvgIpc) is 2.38. The molecule has 0 saturated heterocycles. The van der Waals surface area contributed by atoms with Crippen LogP contribution in [0.1, 0.15) is 18.9 Å². The van der Waals surface area contributed by atoms with Gasteiger partial charge in [0.05, 0.1) is 17.1 Å². The minimum Gasteiger partial charge on any atom is -0.383 e. The second kappa shape index (κ2) is 6.61. The lowest BCUT2D eigenvalue weighted by Gasteiger charge is -2.16. The van der Waals surface area contributed by atoms with Crippen LogP contribution < -0.4 is 4.72 Å². The van der Waals surface area contributed by atoms with Crippen LogP contribution >= 0.6 is 0 Å². The molecule has 0 aliphatic carbocycles. The fourth-order valence-electron chi connectivity index (χ4n) is 1.48. The first-order valence-corrected chi connectivity index (χ1v) is 7.13. The lowest BCUT2D eigenvalue weighted by molar-refractivity contribution is 0.173. The molecule has 0 radical (unpaired) electrons. The molecule has 0 spiro atoms. The van der Waals surface area contributed by atoms with Crippen LogP contribution in [0.4, 0.5) is 4.39 Å². The Bertz CT molecular complexity index is 581. The van der Waals surface area contributed by atoms with Gasteiger partial charge in [0.1, 0.15) is 11.9 Å². The van der Waals surface area contributed by atoms with E-state index in [2.05, 4.69) is 4.72 Å². The predicted molar refractivity (Wildman–Crippen MR) is 67.4 cm³/mol. The number of hydrogen-bond acceptors (Lipinski definition) is 4. The molecule has 1 rings (SSSR count). The molecule has 7 heteroatoms. The van der Waals surface area contributed by atoms with Gasteiger partial charge in [0.2, 0.25) is 10.0 Å². The number of benzene rings is 1. The van der Waals surface area contributed by atoms with E-state index in [4.69, 9.17) is 10.00 Å². The molecule has 5 nitrogen and oxygen atoms in total. The summed E-state index contributed by atoms with van der Waals surface area (Å²) >= 11 is 0. The second-order valence-corrected chi connectivity index (χ2v) is 5.65. The van der Waals surface area contributed by atoms with Gasteiger partial charge < -0.3 is 4.74 Å². The molecule has 0 aliphatic heterocycles. The average molecular weight is 286 g/mol. The largest absolute Gasteiger partial charge is 0.383 e. The Morgan fingerprint density at radius 1 is 1.53 bits per heavy atom.